The molecule has 2 rings (SSSR count). The van der Waals surface area contributed by atoms with Crippen LogP contribution in [-0.2, 0) is 0 Å². The van der Waals surface area contributed by atoms with E-state index in [0.717, 1.165) is 24.5 Å². The normalized spacial score (nSPS) is 19.4. The van der Waals surface area contributed by atoms with Gasteiger partial charge in [0, 0.05) is 30.9 Å². The highest BCUT2D eigenvalue weighted by molar-refractivity contribution is 5.95. The number of amides is 1. The molecule has 104 valence electrons. The van der Waals surface area contributed by atoms with Gasteiger partial charge in [0.25, 0.3) is 5.91 Å². The molecule has 0 radical (unpaired) electrons. The molecule has 0 bridgehead atoms. The summed E-state index contributed by atoms with van der Waals surface area (Å²) in [7, 11) is 3.91. The summed E-state index contributed by atoms with van der Waals surface area (Å²) in [4.78, 5) is 18.7. The molecule has 0 spiro atoms. The summed E-state index contributed by atoms with van der Waals surface area (Å²) in [6.45, 7) is 3.73. The monoisotopic (exact) mass is 262 g/mol. The lowest BCUT2D eigenvalue weighted by molar-refractivity contribution is 0.0943. The maximum atomic E-state index is 12.1. The lowest BCUT2D eigenvalue weighted by Crippen LogP contribution is -2.38. The zero-order valence-corrected chi connectivity index (χ0v) is 11.9. The minimum atomic E-state index is -0.0256. The van der Waals surface area contributed by atoms with Crippen LogP contribution in [0.4, 0.5) is 5.82 Å². The average Bonchev–Trinajstić information content (AvgIpc) is 2.80. The molecule has 5 heteroatoms. The molecule has 5 nitrogen and oxygen atoms in total. The summed E-state index contributed by atoms with van der Waals surface area (Å²) >= 11 is 0. The van der Waals surface area contributed by atoms with E-state index in [2.05, 4.69) is 27.6 Å². The van der Waals surface area contributed by atoms with Crippen molar-refractivity contribution >= 4 is 11.7 Å². The van der Waals surface area contributed by atoms with Crippen molar-refractivity contribution in [2.24, 2.45) is 0 Å². The number of aromatic nitrogens is 1. The molecule has 2 heterocycles. The molecule has 0 saturated carbocycles. The van der Waals surface area contributed by atoms with Crippen molar-refractivity contribution in [3.8, 4) is 0 Å². The fraction of sp³-hybridized carbons (Fsp3) is 0.571. The van der Waals surface area contributed by atoms with Gasteiger partial charge in [0.15, 0.2) is 0 Å². The molecule has 1 aliphatic heterocycles. The second-order valence-corrected chi connectivity index (χ2v) is 5.12. The van der Waals surface area contributed by atoms with Gasteiger partial charge < -0.3 is 15.5 Å². The first-order valence-corrected chi connectivity index (χ1v) is 6.75. The Labute approximate surface area is 114 Å². The third kappa shape index (κ3) is 3.44. The highest BCUT2D eigenvalue weighted by Gasteiger charge is 2.21. The summed E-state index contributed by atoms with van der Waals surface area (Å²) in [5, 5.41) is 5.98. The van der Waals surface area contributed by atoms with Gasteiger partial charge in [-0.15, -0.1) is 0 Å². The summed E-state index contributed by atoms with van der Waals surface area (Å²) < 4.78 is 0. The van der Waals surface area contributed by atoms with Crippen LogP contribution in [0.1, 0.15) is 28.9 Å². The third-order valence-corrected chi connectivity index (χ3v) is 3.64. The molecule has 1 saturated heterocycles. The van der Waals surface area contributed by atoms with E-state index in [-0.39, 0.29) is 5.91 Å². The number of likely N-dealkylation sites (N-methyl/N-ethyl adjacent to an activating group) is 1. The van der Waals surface area contributed by atoms with Crippen molar-refractivity contribution in [2.45, 2.75) is 25.8 Å². The van der Waals surface area contributed by atoms with Crippen LogP contribution in [0.15, 0.2) is 12.1 Å². The second-order valence-electron chi connectivity index (χ2n) is 5.12. The number of hydrogen-bond donors (Lipinski definition) is 2. The summed E-state index contributed by atoms with van der Waals surface area (Å²) in [5.74, 6) is 0.699. The van der Waals surface area contributed by atoms with Crippen LogP contribution in [0.2, 0.25) is 0 Å². The minimum absolute atomic E-state index is 0.0256. The fourth-order valence-corrected chi connectivity index (χ4v) is 2.48. The van der Waals surface area contributed by atoms with Crippen LogP contribution in [0.3, 0.4) is 0 Å². The molecule has 0 aliphatic carbocycles. The Morgan fingerprint density at radius 2 is 2.32 bits per heavy atom. The van der Waals surface area contributed by atoms with Gasteiger partial charge >= 0.3 is 0 Å². The average molecular weight is 262 g/mol. The van der Waals surface area contributed by atoms with Crippen molar-refractivity contribution < 1.29 is 4.79 Å². The Morgan fingerprint density at radius 1 is 1.53 bits per heavy atom. The van der Waals surface area contributed by atoms with Gasteiger partial charge in [-0.1, -0.05) is 0 Å². The fourth-order valence-electron chi connectivity index (χ4n) is 2.48. The van der Waals surface area contributed by atoms with E-state index in [1.807, 2.05) is 13.0 Å². The predicted molar refractivity (Wildman–Crippen MR) is 76.5 cm³/mol. The zero-order chi connectivity index (χ0) is 13.8. The quantitative estimate of drug-likeness (QED) is 0.857. The maximum absolute atomic E-state index is 12.1. The third-order valence-electron chi connectivity index (χ3n) is 3.64. The van der Waals surface area contributed by atoms with Gasteiger partial charge in [-0.2, -0.15) is 0 Å². The van der Waals surface area contributed by atoms with Crippen molar-refractivity contribution in [1.82, 2.24) is 15.2 Å². The second kappa shape index (κ2) is 6.02. The molecule has 1 atom stereocenters. The van der Waals surface area contributed by atoms with E-state index in [1.165, 1.54) is 6.42 Å². The van der Waals surface area contributed by atoms with Crippen molar-refractivity contribution in [3.63, 3.8) is 0 Å². The Kier molecular flexibility index (Phi) is 4.37. The van der Waals surface area contributed by atoms with Gasteiger partial charge in [-0.3, -0.25) is 4.79 Å². The highest BCUT2D eigenvalue weighted by atomic mass is 16.1. The lowest BCUT2D eigenvalue weighted by Gasteiger charge is -2.19. The van der Waals surface area contributed by atoms with Gasteiger partial charge in [0.1, 0.15) is 5.82 Å². The number of pyridine rings is 1. The van der Waals surface area contributed by atoms with E-state index < -0.39 is 0 Å². The summed E-state index contributed by atoms with van der Waals surface area (Å²) in [5.41, 5.74) is 1.51. The van der Waals surface area contributed by atoms with Crippen molar-refractivity contribution in [3.05, 3.63) is 23.4 Å². The van der Waals surface area contributed by atoms with E-state index in [4.69, 9.17) is 0 Å². The Hall–Kier alpha value is -1.62. The topological polar surface area (TPSA) is 57.3 Å². The van der Waals surface area contributed by atoms with Gasteiger partial charge in [-0.05, 0) is 45.5 Å². The number of aryl methyl sites for hydroxylation is 1. The Bertz CT molecular complexity index is 461. The zero-order valence-electron chi connectivity index (χ0n) is 11.9. The van der Waals surface area contributed by atoms with Gasteiger partial charge in [-0.25, -0.2) is 4.98 Å². The number of carbonyl (C=O) groups is 1. The summed E-state index contributed by atoms with van der Waals surface area (Å²) in [6.07, 6.45) is 2.38. The van der Waals surface area contributed by atoms with E-state index in [9.17, 15) is 4.79 Å². The van der Waals surface area contributed by atoms with Gasteiger partial charge in [0.2, 0.25) is 0 Å². The van der Waals surface area contributed by atoms with E-state index in [1.54, 1.807) is 13.1 Å². The molecule has 1 unspecified atom stereocenters. The van der Waals surface area contributed by atoms with Crippen LogP contribution < -0.4 is 10.6 Å². The number of anilines is 1. The SMILES string of the molecule is CNc1cc(C(=O)NCC2CCCN2C)cc(C)n1. The Balaban J connectivity index is 1.97. The van der Waals surface area contributed by atoms with E-state index >= 15 is 0 Å². The smallest absolute Gasteiger partial charge is 0.251 e. The van der Waals surface area contributed by atoms with Crippen LogP contribution in [0, 0.1) is 6.92 Å². The molecule has 1 fully saturated rings. The first-order chi connectivity index (χ1) is 9.10. The summed E-state index contributed by atoms with van der Waals surface area (Å²) in [6, 6.07) is 4.06. The largest absolute Gasteiger partial charge is 0.373 e. The predicted octanol–water partition coefficient (Wildman–Crippen LogP) is 1.26. The highest BCUT2D eigenvalue weighted by Crippen LogP contribution is 2.14. The number of rotatable bonds is 4. The number of hydrogen-bond acceptors (Lipinski definition) is 4. The van der Waals surface area contributed by atoms with Crippen molar-refractivity contribution in [1.29, 1.82) is 0 Å². The molecule has 2 N–H and O–H groups in total. The number of nitrogens with zero attached hydrogens (tertiary/aromatic N) is 2. The molecule has 19 heavy (non-hydrogen) atoms. The van der Waals surface area contributed by atoms with Crippen LogP contribution in [0.25, 0.3) is 0 Å². The minimum Gasteiger partial charge on any atom is -0.373 e. The molecule has 1 aromatic rings. The molecule has 0 aromatic carbocycles. The lowest BCUT2D eigenvalue weighted by atomic mass is 10.2. The maximum Gasteiger partial charge on any atom is 0.251 e. The Morgan fingerprint density at radius 3 is 2.95 bits per heavy atom. The molecule has 1 aromatic heterocycles. The first kappa shape index (κ1) is 13.8. The number of likely N-dealkylation sites (tertiary alicyclic amines) is 1. The van der Waals surface area contributed by atoms with Crippen LogP contribution in [-0.4, -0.2) is 49.0 Å². The molecular formula is C14H22N4O. The number of carbonyl (C=O) groups excluding carboxylic acids is 1. The molecular weight excluding hydrogens is 240 g/mol. The number of nitrogens with one attached hydrogen (secondary N) is 2. The first-order valence-electron chi connectivity index (χ1n) is 6.75. The standard InChI is InChI=1S/C14H22N4O/c1-10-7-11(8-13(15-2)17-10)14(19)16-9-12-5-4-6-18(12)3/h7-8,12H,4-6,9H2,1-3H3,(H,15,17)(H,16,19). The van der Waals surface area contributed by atoms with Crippen LogP contribution >= 0.6 is 0 Å². The van der Waals surface area contributed by atoms with E-state index in [0.29, 0.717) is 18.2 Å². The van der Waals surface area contributed by atoms with Gasteiger partial charge in [0.05, 0.1) is 0 Å². The van der Waals surface area contributed by atoms with Crippen LogP contribution in [0.5, 0.6) is 0 Å². The van der Waals surface area contributed by atoms with Crippen molar-refractivity contribution in [2.75, 3.05) is 32.5 Å². The molecule has 1 aliphatic rings. The molecule has 1 amide bonds.